The summed E-state index contributed by atoms with van der Waals surface area (Å²) >= 11 is 0. The summed E-state index contributed by atoms with van der Waals surface area (Å²) in [4.78, 5) is 7.38. The van der Waals surface area contributed by atoms with Crippen molar-refractivity contribution in [2.24, 2.45) is 10.9 Å². The summed E-state index contributed by atoms with van der Waals surface area (Å²) in [6.45, 7) is 7.96. The number of likely N-dealkylation sites (tertiary alicyclic amines) is 1. The van der Waals surface area contributed by atoms with Gasteiger partial charge in [0.1, 0.15) is 0 Å². The van der Waals surface area contributed by atoms with E-state index >= 15 is 0 Å². The number of benzene rings is 2. The number of ether oxygens (including phenoxy) is 2. The Hall–Kier alpha value is -2.37. The van der Waals surface area contributed by atoms with Crippen molar-refractivity contribution in [1.29, 1.82) is 0 Å². The molecule has 0 amide bonds. The highest BCUT2D eigenvalue weighted by Gasteiger charge is 2.25. The lowest BCUT2D eigenvalue weighted by molar-refractivity contribution is 0.0536. The predicted molar refractivity (Wildman–Crippen MR) is 128 cm³/mol. The van der Waals surface area contributed by atoms with Gasteiger partial charge in [-0.25, -0.2) is 0 Å². The number of hydrogen-bond donors (Lipinski definition) is 1. The maximum absolute atomic E-state index is 5.74. The molecule has 1 aliphatic rings. The smallest absolute Gasteiger partial charge is 0.193 e. The van der Waals surface area contributed by atoms with Crippen LogP contribution in [0.15, 0.2) is 65.7 Å². The fraction of sp³-hybridized carbons (Fsp3) is 0.500. The first-order chi connectivity index (χ1) is 15.3. The van der Waals surface area contributed by atoms with Gasteiger partial charge in [-0.3, -0.25) is 4.99 Å². The third kappa shape index (κ3) is 7.37. The fourth-order valence-corrected chi connectivity index (χ4v) is 4.18. The van der Waals surface area contributed by atoms with Crippen LogP contribution in [0.25, 0.3) is 0 Å². The maximum Gasteiger partial charge on any atom is 0.193 e. The van der Waals surface area contributed by atoms with Crippen LogP contribution in [0.2, 0.25) is 0 Å². The molecule has 0 bridgehead atoms. The van der Waals surface area contributed by atoms with Gasteiger partial charge in [-0.1, -0.05) is 60.7 Å². The highest BCUT2D eigenvalue weighted by Crippen LogP contribution is 2.28. The number of nitrogens with one attached hydrogen (secondary N) is 1. The van der Waals surface area contributed by atoms with E-state index in [9.17, 15) is 0 Å². The third-order valence-electron chi connectivity index (χ3n) is 5.79. The average Bonchev–Trinajstić information content (AvgIpc) is 3.29. The second-order valence-corrected chi connectivity index (χ2v) is 8.07. The van der Waals surface area contributed by atoms with E-state index in [4.69, 9.17) is 14.5 Å². The number of hydrogen-bond acceptors (Lipinski definition) is 3. The lowest BCUT2D eigenvalue weighted by atomic mass is 9.89. The Morgan fingerprint density at radius 1 is 1.06 bits per heavy atom. The zero-order valence-electron chi connectivity index (χ0n) is 19.0. The summed E-state index contributed by atoms with van der Waals surface area (Å²) in [5.41, 5.74) is 2.70. The zero-order valence-corrected chi connectivity index (χ0v) is 19.0. The summed E-state index contributed by atoms with van der Waals surface area (Å²) in [5, 5.41) is 3.49. The summed E-state index contributed by atoms with van der Waals surface area (Å²) < 4.78 is 10.8. The molecular formula is C26H37N3O2. The van der Waals surface area contributed by atoms with Crippen LogP contribution in [0.5, 0.6) is 0 Å². The van der Waals surface area contributed by atoms with Gasteiger partial charge in [-0.2, -0.15) is 0 Å². The van der Waals surface area contributed by atoms with E-state index in [0.29, 0.717) is 25.0 Å². The maximum atomic E-state index is 5.74. The van der Waals surface area contributed by atoms with E-state index in [1.807, 2.05) is 0 Å². The molecule has 31 heavy (non-hydrogen) atoms. The van der Waals surface area contributed by atoms with Crippen LogP contribution < -0.4 is 5.32 Å². The first-order valence-electron chi connectivity index (χ1n) is 11.5. The van der Waals surface area contributed by atoms with Gasteiger partial charge in [0.25, 0.3) is 0 Å². The second kappa shape index (κ2) is 13.1. The summed E-state index contributed by atoms with van der Waals surface area (Å²) in [6.07, 6.45) is 2.13. The molecule has 1 heterocycles. The SMILES string of the molecule is CCNC(=NCCC(c1ccccc1)c1ccccc1)N1CCC(COCCOC)C1. The lowest BCUT2D eigenvalue weighted by Crippen LogP contribution is -2.40. The largest absolute Gasteiger partial charge is 0.382 e. The van der Waals surface area contributed by atoms with Gasteiger partial charge in [-0.15, -0.1) is 0 Å². The molecule has 0 aromatic heterocycles. The van der Waals surface area contributed by atoms with E-state index in [0.717, 1.165) is 51.6 Å². The Morgan fingerprint density at radius 2 is 1.74 bits per heavy atom. The molecule has 2 aromatic rings. The van der Waals surface area contributed by atoms with E-state index in [1.165, 1.54) is 11.1 Å². The van der Waals surface area contributed by atoms with Crippen LogP contribution in [0.1, 0.15) is 36.8 Å². The van der Waals surface area contributed by atoms with Gasteiger partial charge in [0.15, 0.2) is 5.96 Å². The molecule has 0 spiro atoms. The minimum absolute atomic E-state index is 0.356. The Labute approximate surface area is 187 Å². The molecule has 5 nitrogen and oxygen atoms in total. The molecule has 1 saturated heterocycles. The molecule has 1 fully saturated rings. The highest BCUT2D eigenvalue weighted by atomic mass is 16.5. The van der Waals surface area contributed by atoms with Crippen molar-refractivity contribution in [2.45, 2.75) is 25.7 Å². The molecule has 1 unspecified atom stereocenters. The first kappa shape index (κ1) is 23.3. The van der Waals surface area contributed by atoms with Gasteiger partial charge >= 0.3 is 0 Å². The van der Waals surface area contributed by atoms with Crippen LogP contribution in [-0.2, 0) is 9.47 Å². The third-order valence-corrected chi connectivity index (χ3v) is 5.79. The van der Waals surface area contributed by atoms with Crippen LogP contribution in [0.4, 0.5) is 0 Å². The Balaban J connectivity index is 1.60. The molecule has 2 aromatic carbocycles. The molecule has 3 rings (SSSR count). The van der Waals surface area contributed by atoms with Crippen LogP contribution in [0, 0.1) is 5.92 Å². The summed E-state index contributed by atoms with van der Waals surface area (Å²) in [7, 11) is 1.71. The second-order valence-electron chi connectivity index (χ2n) is 8.07. The van der Waals surface area contributed by atoms with Gasteiger partial charge < -0.3 is 19.7 Å². The molecule has 1 N–H and O–H groups in total. The van der Waals surface area contributed by atoms with E-state index in [2.05, 4.69) is 77.8 Å². The predicted octanol–water partition coefficient (Wildman–Crippen LogP) is 4.16. The minimum atomic E-state index is 0.356. The quantitative estimate of drug-likeness (QED) is 0.335. The van der Waals surface area contributed by atoms with E-state index < -0.39 is 0 Å². The molecule has 168 valence electrons. The Bertz CT molecular complexity index is 727. The number of methoxy groups -OCH3 is 1. The van der Waals surface area contributed by atoms with Gasteiger partial charge in [-0.05, 0) is 30.9 Å². The van der Waals surface area contributed by atoms with E-state index in [-0.39, 0.29) is 0 Å². The summed E-state index contributed by atoms with van der Waals surface area (Å²) in [5.74, 6) is 1.94. The van der Waals surface area contributed by atoms with Crippen LogP contribution in [0.3, 0.4) is 0 Å². The topological polar surface area (TPSA) is 46.1 Å². The van der Waals surface area contributed by atoms with E-state index in [1.54, 1.807) is 7.11 Å². The van der Waals surface area contributed by atoms with Crippen molar-refractivity contribution >= 4 is 5.96 Å². The normalized spacial score (nSPS) is 16.8. The van der Waals surface area contributed by atoms with Crippen molar-refractivity contribution in [2.75, 3.05) is 53.1 Å². The van der Waals surface area contributed by atoms with Crippen molar-refractivity contribution in [3.05, 3.63) is 71.8 Å². The number of guanidine groups is 1. The van der Waals surface area contributed by atoms with Crippen molar-refractivity contribution in [1.82, 2.24) is 10.2 Å². The van der Waals surface area contributed by atoms with Crippen molar-refractivity contribution in [3.63, 3.8) is 0 Å². The first-order valence-corrected chi connectivity index (χ1v) is 11.5. The molecule has 0 saturated carbocycles. The molecule has 0 aliphatic carbocycles. The molecule has 1 aliphatic heterocycles. The zero-order chi connectivity index (χ0) is 21.7. The highest BCUT2D eigenvalue weighted by molar-refractivity contribution is 5.80. The minimum Gasteiger partial charge on any atom is -0.382 e. The van der Waals surface area contributed by atoms with Crippen LogP contribution in [-0.4, -0.2) is 64.0 Å². The van der Waals surface area contributed by atoms with Gasteiger partial charge in [0.05, 0.1) is 19.8 Å². The van der Waals surface area contributed by atoms with Crippen LogP contribution >= 0.6 is 0 Å². The van der Waals surface area contributed by atoms with Crippen molar-refractivity contribution < 1.29 is 9.47 Å². The Kier molecular flexibility index (Phi) is 9.87. The van der Waals surface area contributed by atoms with Gasteiger partial charge in [0.2, 0.25) is 0 Å². The summed E-state index contributed by atoms with van der Waals surface area (Å²) in [6, 6.07) is 21.5. The number of aliphatic imine (C=N–C) groups is 1. The Morgan fingerprint density at radius 3 is 2.35 bits per heavy atom. The standard InChI is InChI=1S/C26H37N3O2/c1-3-27-26(29-17-15-22(20-29)21-31-19-18-30-2)28-16-14-25(23-10-6-4-7-11-23)24-12-8-5-9-13-24/h4-13,22,25H,3,14-21H2,1-2H3,(H,27,28). The lowest BCUT2D eigenvalue weighted by Gasteiger charge is -2.22. The average molecular weight is 424 g/mol. The number of nitrogens with zero attached hydrogens (tertiary/aromatic N) is 2. The monoisotopic (exact) mass is 423 g/mol. The molecule has 5 heteroatoms. The molecule has 1 atom stereocenters. The molecular weight excluding hydrogens is 386 g/mol. The van der Waals surface area contributed by atoms with Crippen molar-refractivity contribution in [3.8, 4) is 0 Å². The molecule has 0 radical (unpaired) electrons. The fourth-order valence-electron chi connectivity index (χ4n) is 4.18. The van der Waals surface area contributed by atoms with Gasteiger partial charge in [0, 0.05) is 45.1 Å². The number of rotatable bonds is 11.